The first-order chi connectivity index (χ1) is 27.5. The van der Waals surface area contributed by atoms with Crippen LogP contribution in [0.4, 0.5) is 48.3 Å². The fourth-order valence-corrected chi connectivity index (χ4v) is 6.92. The number of nitrogens with one attached hydrogen (secondary N) is 1. The van der Waals surface area contributed by atoms with Crippen LogP contribution < -0.4 is 10.1 Å². The minimum atomic E-state index is -5.39. The van der Waals surface area contributed by atoms with Crippen molar-refractivity contribution in [3.63, 3.8) is 0 Å². The Morgan fingerprint density at radius 1 is 1.02 bits per heavy atom. The van der Waals surface area contributed by atoms with E-state index in [1.165, 1.54) is 36.9 Å². The van der Waals surface area contributed by atoms with E-state index >= 15 is 4.39 Å². The average molecular weight is 848 g/mol. The number of amides is 2. The molecule has 2 atom stereocenters. The van der Waals surface area contributed by atoms with Gasteiger partial charge >= 0.3 is 24.5 Å². The van der Waals surface area contributed by atoms with Gasteiger partial charge in [-0.3, -0.25) is 19.3 Å². The predicted molar refractivity (Wildman–Crippen MR) is 190 cm³/mol. The van der Waals surface area contributed by atoms with Gasteiger partial charge in [-0.1, -0.05) is 18.2 Å². The van der Waals surface area contributed by atoms with Crippen LogP contribution in [0.1, 0.15) is 66.6 Å². The highest BCUT2D eigenvalue weighted by molar-refractivity contribution is 5.87. The first-order valence-corrected chi connectivity index (χ1v) is 18.0. The monoisotopic (exact) mass is 847 g/mol. The summed E-state index contributed by atoms with van der Waals surface area (Å²) in [6, 6.07) is 2.58. The lowest BCUT2D eigenvalue weighted by Gasteiger charge is -2.35. The number of hydrogen-bond donors (Lipinski definition) is 1. The number of allylic oxidation sites excluding steroid dienone is 2. The summed E-state index contributed by atoms with van der Waals surface area (Å²) in [5.41, 5.74) is -7.30. The fraction of sp³-hybridized carbons (Fsp3) is 0.375. The molecule has 3 aromatic carbocycles. The molecule has 0 aromatic heterocycles. The summed E-state index contributed by atoms with van der Waals surface area (Å²) in [4.78, 5) is 42.1. The lowest BCUT2D eigenvalue weighted by molar-refractivity contribution is -0.144. The van der Waals surface area contributed by atoms with E-state index in [9.17, 15) is 58.3 Å². The molecule has 1 N–H and O–H groups in total. The molecule has 3 aromatic rings. The van der Waals surface area contributed by atoms with Crippen LogP contribution in [0.3, 0.4) is 0 Å². The van der Waals surface area contributed by atoms with Gasteiger partial charge in [0.15, 0.2) is 0 Å². The number of halogens is 11. The Morgan fingerprint density at radius 2 is 1.71 bits per heavy atom. The quantitative estimate of drug-likeness (QED) is 0.0947. The topological polar surface area (TPSA) is 88.2 Å². The molecular formula is C40H36F11N3O5. The van der Waals surface area contributed by atoms with Gasteiger partial charge in [-0.25, -0.2) is 8.78 Å². The smallest absolute Gasteiger partial charge is 0.419 e. The van der Waals surface area contributed by atoms with E-state index in [0.29, 0.717) is 35.4 Å². The number of ether oxygens (including phenoxy) is 2. The first kappa shape index (κ1) is 44.6. The van der Waals surface area contributed by atoms with E-state index in [4.69, 9.17) is 9.47 Å². The normalized spacial score (nSPS) is 18.3. The number of carbonyl (C=O) groups is 3. The molecule has 2 heterocycles. The molecule has 0 radical (unpaired) electrons. The minimum Gasteiger partial charge on any atom is -0.466 e. The van der Waals surface area contributed by atoms with Crippen molar-refractivity contribution in [2.45, 2.75) is 70.4 Å². The van der Waals surface area contributed by atoms with Gasteiger partial charge in [0.05, 0.1) is 35.8 Å². The summed E-state index contributed by atoms with van der Waals surface area (Å²) in [6.45, 7) is 3.12. The summed E-state index contributed by atoms with van der Waals surface area (Å²) in [5.74, 6) is -5.68. The number of fused-ring (bicyclic) bond motifs is 6. The average Bonchev–Trinajstić information content (AvgIpc) is 3.11. The van der Waals surface area contributed by atoms with Crippen molar-refractivity contribution in [1.29, 1.82) is 0 Å². The SMILES string of the molecule is C/C=C(\C(=C/N(C=O)C1C(=O)N[C@@H](CC(=O)OCC)c2cc(cc(C(F)(F)F)c2F)-c2c(C)cccc2Oc2cc1cc(C(F)(F)F)c2)CCN1CC(F)C1)C(F)(F)F. The molecule has 1 saturated heterocycles. The number of esters is 1. The van der Waals surface area contributed by atoms with E-state index in [2.05, 4.69) is 5.32 Å². The lowest BCUT2D eigenvalue weighted by atomic mass is 9.91. The van der Waals surface area contributed by atoms with Gasteiger partial charge in [-0.05, 0) is 85.9 Å². The van der Waals surface area contributed by atoms with Gasteiger partial charge < -0.3 is 19.7 Å². The Hall–Kier alpha value is -5.46. The van der Waals surface area contributed by atoms with Crippen LogP contribution in [-0.4, -0.2) is 66.7 Å². The summed E-state index contributed by atoms with van der Waals surface area (Å²) in [7, 11) is 0. The van der Waals surface area contributed by atoms with E-state index in [1.807, 2.05) is 0 Å². The molecule has 1 unspecified atom stereocenters. The van der Waals surface area contributed by atoms with Crippen molar-refractivity contribution in [2.75, 3.05) is 26.2 Å². The molecule has 0 saturated carbocycles. The molecular weight excluding hydrogens is 811 g/mol. The number of likely N-dealkylation sites (tertiary alicyclic amines) is 1. The van der Waals surface area contributed by atoms with Crippen LogP contribution in [0.25, 0.3) is 11.1 Å². The molecule has 2 aliphatic rings. The van der Waals surface area contributed by atoms with Crippen molar-refractivity contribution in [3.05, 3.63) is 106 Å². The van der Waals surface area contributed by atoms with Gasteiger partial charge in [0.2, 0.25) is 12.3 Å². The van der Waals surface area contributed by atoms with Gasteiger partial charge in [-0.15, -0.1) is 0 Å². The third kappa shape index (κ3) is 10.2. The maximum atomic E-state index is 16.2. The summed E-state index contributed by atoms with van der Waals surface area (Å²) in [6.07, 6.45) is -17.4. The Labute approximate surface area is 330 Å². The highest BCUT2D eigenvalue weighted by atomic mass is 19.4. The number of nitrogens with zero attached hydrogens (tertiary/aromatic N) is 2. The number of aryl methyl sites for hydroxylation is 1. The Morgan fingerprint density at radius 3 is 2.29 bits per heavy atom. The van der Waals surface area contributed by atoms with Crippen LogP contribution in [0.15, 0.2) is 72.0 Å². The number of carbonyl (C=O) groups excluding carboxylic acids is 3. The second kappa shape index (κ2) is 17.4. The van der Waals surface area contributed by atoms with E-state index < -0.39 is 106 Å². The standard InChI is InChI=1S/C40H36F11N3O5/c1-4-29(39(46,47)48)22(9-10-53-18-26(41)19-53)17-54(20-55)36-24-11-25(38(43,44)45)15-27(12-24)59-32-8-6-7-21(3)34(32)23-13-28(35(42)30(14-23)40(49,50)51)31(52-37(36)57)16-33(56)58-5-2/h4,6-8,11-15,17,20,26,31,36H,5,9-10,16,18-19H2,1-3H3,(H,52,57)/b22-17-,29-4+/t31-,36?/m0/s1. The van der Waals surface area contributed by atoms with Crippen molar-refractivity contribution in [2.24, 2.45) is 0 Å². The maximum Gasteiger partial charge on any atom is 0.419 e. The lowest BCUT2D eigenvalue weighted by Crippen LogP contribution is -2.48. The molecule has 2 amide bonds. The summed E-state index contributed by atoms with van der Waals surface area (Å²) < 4.78 is 171. The Bertz CT molecular complexity index is 2140. The van der Waals surface area contributed by atoms with Crippen LogP contribution >= 0.6 is 0 Å². The molecule has 8 nitrogen and oxygen atoms in total. The fourth-order valence-electron chi connectivity index (χ4n) is 6.92. The Kier molecular flexibility index (Phi) is 13.2. The molecule has 4 bridgehead atoms. The van der Waals surface area contributed by atoms with Gasteiger partial charge in [0.25, 0.3) is 0 Å². The van der Waals surface area contributed by atoms with Gasteiger partial charge in [0, 0.05) is 37.0 Å². The minimum absolute atomic E-state index is 0.113. The van der Waals surface area contributed by atoms with E-state index in [0.717, 1.165) is 19.1 Å². The van der Waals surface area contributed by atoms with E-state index in [-0.39, 0.29) is 55.1 Å². The van der Waals surface area contributed by atoms with Gasteiger partial charge in [0.1, 0.15) is 29.5 Å². The molecule has 0 aliphatic carbocycles. The summed E-state index contributed by atoms with van der Waals surface area (Å²) in [5, 5.41) is 2.18. The predicted octanol–water partition coefficient (Wildman–Crippen LogP) is 9.69. The van der Waals surface area contributed by atoms with Crippen LogP contribution in [0.5, 0.6) is 11.5 Å². The number of benzene rings is 3. The van der Waals surface area contributed by atoms with E-state index in [1.54, 1.807) is 0 Å². The molecule has 318 valence electrons. The molecule has 2 aliphatic heterocycles. The van der Waals surface area contributed by atoms with Crippen LogP contribution in [0.2, 0.25) is 0 Å². The third-order valence-electron chi connectivity index (χ3n) is 9.62. The second-order valence-corrected chi connectivity index (χ2v) is 13.8. The van der Waals surface area contributed by atoms with Crippen LogP contribution in [-0.2, 0) is 31.5 Å². The van der Waals surface area contributed by atoms with Crippen molar-refractivity contribution in [1.82, 2.24) is 15.1 Å². The summed E-state index contributed by atoms with van der Waals surface area (Å²) >= 11 is 0. The number of rotatable bonds is 10. The zero-order valence-corrected chi connectivity index (χ0v) is 31.4. The maximum absolute atomic E-state index is 16.2. The molecule has 59 heavy (non-hydrogen) atoms. The number of alkyl halides is 10. The highest BCUT2D eigenvalue weighted by Gasteiger charge is 2.41. The van der Waals surface area contributed by atoms with Gasteiger partial charge in [-0.2, -0.15) is 39.5 Å². The zero-order chi connectivity index (χ0) is 43.6. The molecule has 19 heteroatoms. The van der Waals surface area contributed by atoms with Crippen molar-refractivity contribution >= 4 is 18.3 Å². The third-order valence-corrected chi connectivity index (χ3v) is 9.62. The molecule has 5 rings (SSSR count). The second-order valence-electron chi connectivity index (χ2n) is 13.8. The largest absolute Gasteiger partial charge is 0.466 e. The van der Waals surface area contributed by atoms with Crippen LogP contribution in [0, 0.1) is 12.7 Å². The molecule has 1 fully saturated rings. The first-order valence-electron chi connectivity index (χ1n) is 18.0. The zero-order valence-electron chi connectivity index (χ0n) is 31.4. The molecule has 0 spiro atoms. The highest BCUT2D eigenvalue weighted by Crippen LogP contribution is 2.45. The van der Waals surface area contributed by atoms with Crippen molar-refractivity contribution < 1.29 is 72.2 Å². The number of hydrogen-bond acceptors (Lipinski definition) is 6. The Balaban J connectivity index is 1.84. The van der Waals surface area contributed by atoms with Crippen molar-refractivity contribution in [3.8, 4) is 22.6 Å².